The number of carbonyl (C=O) groups excluding carboxylic acids is 2. The van der Waals surface area contributed by atoms with Crippen molar-refractivity contribution < 1.29 is 14.3 Å². The number of methoxy groups -OCH3 is 1. The molecule has 3 fully saturated rings. The third kappa shape index (κ3) is 3.74. The number of likely N-dealkylation sites (tertiary alicyclic amines) is 2. The summed E-state index contributed by atoms with van der Waals surface area (Å²) in [4.78, 5) is 33.7. The first kappa shape index (κ1) is 21.2. The van der Waals surface area contributed by atoms with Crippen molar-refractivity contribution in [3.8, 4) is 0 Å². The molecule has 1 aliphatic carbocycles. The number of imidazole rings is 1. The number of hydrogen-bond acceptors (Lipinski definition) is 5. The normalized spacial score (nSPS) is 25.9. The molecule has 2 saturated heterocycles. The number of fused-ring (bicyclic) bond motifs is 2. The summed E-state index contributed by atoms with van der Waals surface area (Å²) in [5, 5.41) is 3.16. The largest absolute Gasteiger partial charge is 0.453 e. The Morgan fingerprint density at radius 3 is 2.56 bits per heavy atom. The Kier molecular flexibility index (Phi) is 5.57. The number of rotatable bonds is 5. The zero-order valence-corrected chi connectivity index (χ0v) is 19.2. The quantitative estimate of drug-likeness (QED) is 0.775. The lowest BCUT2D eigenvalue weighted by atomic mass is 10.0. The standard InChI is InChI=1S/C24H33N5O3/c1-15(2)22-26-21(20-6-4-5-9-29(20)22)23(30)25-12-17-18-13-28(14-19(17)18)16-7-10-27(11-8-16)24(31)32-3/h4-6,9,15-19H,7-8,10-14H2,1-3H3,(H,25,30)/t17?,18-,19+. The average Bonchev–Trinajstić information content (AvgIpc) is 3.15. The van der Waals surface area contributed by atoms with E-state index in [1.54, 1.807) is 4.90 Å². The van der Waals surface area contributed by atoms with Gasteiger partial charge in [0.1, 0.15) is 5.82 Å². The van der Waals surface area contributed by atoms with E-state index >= 15 is 0 Å². The van der Waals surface area contributed by atoms with E-state index in [-0.39, 0.29) is 17.9 Å². The van der Waals surface area contributed by atoms with Gasteiger partial charge in [0, 0.05) is 50.9 Å². The first-order chi connectivity index (χ1) is 15.5. The maximum atomic E-state index is 12.9. The van der Waals surface area contributed by atoms with Gasteiger partial charge in [0.15, 0.2) is 5.69 Å². The average molecular weight is 440 g/mol. The van der Waals surface area contributed by atoms with Gasteiger partial charge in [0.2, 0.25) is 0 Å². The van der Waals surface area contributed by atoms with Crippen LogP contribution in [0, 0.1) is 17.8 Å². The second-order valence-electron chi connectivity index (χ2n) is 9.77. The molecule has 0 bridgehead atoms. The number of amides is 2. The lowest BCUT2D eigenvalue weighted by Gasteiger charge is -2.37. The fourth-order valence-electron chi connectivity index (χ4n) is 5.76. The van der Waals surface area contributed by atoms with Crippen molar-refractivity contribution in [3.63, 3.8) is 0 Å². The highest BCUT2D eigenvalue weighted by atomic mass is 16.5. The van der Waals surface area contributed by atoms with Gasteiger partial charge >= 0.3 is 6.09 Å². The number of nitrogens with one attached hydrogen (secondary N) is 1. The molecule has 2 aromatic heterocycles. The summed E-state index contributed by atoms with van der Waals surface area (Å²) >= 11 is 0. The molecule has 172 valence electrons. The number of aromatic nitrogens is 2. The Bertz CT molecular complexity index is 998. The number of hydrogen-bond donors (Lipinski definition) is 1. The van der Waals surface area contributed by atoms with Crippen molar-refractivity contribution in [2.45, 2.75) is 38.6 Å². The molecular formula is C24H33N5O3. The van der Waals surface area contributed by atoms with E-state index in [0.29, 0.717) is 29.5 Å². The Hall–Kier alpha value is -2.61. The van der Waals surface area contributed by atoms with Gasteiger partial charge < -0.3 is 19.4 Å². The van der Waals surface area contributed by atoms with E-state index in [4.69, 9.17) is 4.74 Å². The minimum Gasteiger partial charge on any atom is -0.453 e. The second kappa shape index (κ2) is 8.39. The second-order valence-corrected chi connectivity index (χ2v) is 9.77. The van der Waals surface area contributed by atoms with Crippen LogP contribution in [0.5, 0.6) is 0 Å². The molecule has 3 atom stereocenters. The molecule has 1 saturated carbocycles. The highest BCUT2D eigenvalue weighted by molar-refractivity contribution is 5.99. The van der Waals surface area contributed by atoms with Gasteiger partial charge in [-0.15, -0.1) is 0 Å². The molecule has 4 heterocycles. The number of piperidine rings is 2. The maximum absolute atomic E-state index is 12.9. The zero-order chi connectivity index (χ0) is 22.4. The number of carbonyl (C=O) groups is 2. The molecule has 2 amide bonds. The van der Waals surface area contributed by atoms with Gasteiger partial charge in [-0.25, -0.2) is 9.78 Å². The van der Waals surface area contributed by atoms with Gasteiger partial charge in [0.25, 0.3) is 5.91 Å². The smallest absolute Gasteiger partial charge is 0.409 e. The predicted molar refractivity (Wildman–Crippen MR) is 121 cm³/mol. The van der Waals surface area contributed by atoms with Crippen LogP contribution in [-0.2, 0) is 4.74 Å². The van der Waals surface area contributed by atoms with E-state index in [0.717, 1.165) is 56.9 Å². The van der Waals surface area contributed by atoms with Crippen LogP contribution in [-0.4, -0.2) is 77.1 Å². The first-order valence-corrected chi connectivity index (χ1v) is 11.8. The minimum atomic E-state index is -0.213. The van der Waals surface area contributed by atoms with Crippen molar-refractivity contribution in [3.05, 3.63) is 35.9 Å². The molecule has 3 aliphatic rings. The van der Waals surface area contributed by atoms with Crippen LogP contribution in [0.15, 0.2) is 24.4 Å². The minimum absolute atomic E-state index is 0.0717. The van der Waals surface area contributed by atoms with Crippen LogP contribution in [0.1, 0.15) is 48.9 Å². The monoisotopic (exact) mass is 439 g/mol. The topological polar surface area (TPSA) is 79.2 Å². The molecule has 0 aromatic carbocycles. The molecule has 32 heavy (non-hydrogen) atoms. The summed E-state index contributed by atoms with van der Waals surface area (Å²) in [6.45, 7) is 8.70. The Morgan fingerprint density at radius 2 is 1.91 bits per heavy atom. The van der Waals surface area contributed by atoms with Gasteiger partial charge in [-0.05, 0) is 42.7 Å². The van der Waals surface area contributed by atoms with Crippen molar-refractivity contribution in [2.24, 2.45) is 17.8 Å². The van der Waals surface area contributed by atoms with Crippen LogP contribution in [0.25, 0.3) is 5.52 Å². The zero-order valence-electron chi connectivity index (χ0n) is 19.2. The van der Waals surface area contributed by atoms with Crippen LogP contribution in [0.2, 0.25) is 0 Å². The Balaban J connectivity index is 1.12. The third-order valence-electron chi connectivity index (χ3n) is 7.62. The predicted octanol–water partition coefficient (Wildman–Crippen LogP) is 2.60. The Morgan fingerprint density at radius 1 is 1.19 bits per heavy atom. The van der Waals surface area contributed by atoms with Crippen molar-refractivity contribution in [1.82, 2.24) is 24.5 Å². The number of pyridine rings is 1. The van der Waals surface area contributed by atoms with E-state index < -0.39 is 0 Å². The molecule has 8 heteroatoms. The van der Waals surface area contributed by atoms with E-state index in [1.165, 1.54) is 7.11 Å². The lowest BCUT2D eigenvalue weighted by molar-refractivity contribution is 0.0854. The summed E-state index contributed by atoms with van der Waals surface area (Å²) in [6.07, 6.45) is 3.79. The van der Waals surface area contributed by atoms with E-state index in [9.17, 15) is 9.59 Å². The van der Waals surface area contributed by atoms with Crippen LogP contribution in [0.3, 0.4) is 0 Å². The fourth-order valence-corrected chi connectivity index (χ4v) is 5.76. The lowest BCUT2D eigenvalue weighted by Crippen LogP contribution is -2.47. The van der Waals surface area contributed by atoms with Crippen LogP contribution < -0.4 is 5.32 Å². The van der Waals surface area contributed by atoms with Gasteiger partial charge in [0.05, 0.1) is 12.6 Å². The molecule has 8 nitrogen and oxygen atoms in total. The summed E-state index contributed by atoms with van der Waals surface area (Å²) in [5.74, 6) is 3.03. The van der Waals surface area contributed by atoms with E-state index in [1.807, 2.05) is 28.8 Å². The molecule has 1 unspecified atom stereocenters. The molecular weight excluding hydrogens is 406 g/mol. The summed E-state index contributed by atoms with van der Waals surface area (Å²) in [5.41, 5.74) is 1.40. The fraction of sp³-hybridized carbons (Fsp3) is 0.625. The summed E-state index contributed by atoms with van der Waals surface area (Å²) < 4.78 is 6.86. The molecule has 5 rings (SSSR count). The highest BCUT2D eigenvalue weighted by Crippen LogP contribution is 2.52. The van der Waals surface area contributed by atoms with Gasteiger partial charge in [-0.1, -0.05) is 19.9 Å². The maximum Gasteiger partial charge on any atom is 0.409 e. The number of ether oxygens (including phenoxy) is 1. The van der Waals surface area contributed by atoms with Gasteiger partial charge in [-0.3, -0.25) is 9.69 Å². The third-order valence-corrected chi connectivity index (χ3v) is 7.62. The highest BCUT2D eigenvalue weighted by Gasteiger charge is 2.56. The molecule has 2 aliphatic heterocycles. The first-order valence-electron chi connectivity index (χ1n) is 11.8. The van der Waals surface area contributed by atoms with Crippen molar-refractivity contribution in [2.75, 3.05) is 39.8 Å². The van der Waals surface area contributed by atoms with Crippen LogP contribution in [0.4, 0.5) is 4.79 Å². The van der Waals surface area contributed by atoms with Crippen molar-refractivity contribution in [1.29, 1.82) is 0 Å². The van der Waals surface area contributed by atoms with Crippen LogP contribution >= 0.6 is 0 Å². The molecule has 2 aromatic rings. The van der Waals surface area contributed by atoms with Gasteiger partial charge in [-0.2, -0.15) is 0 Å². The summed E-state index contributed by atoms with van der Waals surface area (Å²) in [6, 6.07) is 6.44. The SMILES string of the molecule is COC(=O)N1CCC(N2C[C@@H]3C(CNC(=O)c4nc(C(C)C)n5ccccc45)[C@@H]3C2)CC1. The molecule has 0 spiro atoms. The van der Waals surface area contributed by atoms with Crippen molar-refractivity contribution >= 4 is 17.5 Å². The molecule has 0 radical (unpaired) electrons. The Labute approximate surface area is 188 Å². The van der Waals surface area contributed by atoms with E-state index in [2.05, 4.69) is 29.0 Å². The number of nitrogens with zero attached hydrogens (tertiary/aromatic N) is 4. The summed E-state index contributed by atoms with van der Waals surface area (Å²) in [7, 11) is 1.44. The molecule has 1 N–H and O–H groups in total.